The van der Waals surface area contributed by atoms with Crippen molar-refractivity contribution in [3.05, 3.63) is 30.0 Å². The Morgan fingerprint density at radius 3 is 2.23 bits per heavy atom. The SMILES string of the molecule is COc1c(C(F)(F)F)nnn1-c1ccccc1OC(F)(F)F. The summed E-state index contributed by atoms with van der Waals surface area (Å²) in [6.45, 7) is 0. The molecule has 0 atom stereocenters. The zero-order valence-corrected chi connectivity index (χ0v) is 10.7. The Kier molecular flexibility index (Phi) is 3.90. The summed E-state index contributed by atoms with van der Waals surface area (Å²) in [4.78, 5) is 0. The molecule has 0 radical (unpaired) electrons. The van der Waals surface area contributed by atoms with E-state index in [9.17, 15) is 26.3 Å². The van der Waals surface area contributed by atoms with Gasteiger partial charge in [0, 0.05) is 0 Å². The quantitative estimate of drug-likeness (QED) is 0.813. The van der Waals surface area contributed by atoms with Crippen molar-refractivity contribution in [3.63, 3.8) is 0 Å². The smallest absolute Gasteiger partial charge is 0.479 e. The van der Waals surface area contributed by atoms with E-state index in [0.29, 0.717) is 4.68 Å². The minimum atomic E-state index is -5.02. The monoisotopic (exact) mass is 327 g/mol. The lowest BCUT2D eigenvalue weighted by molar-refractivity contribution is -0.274. The highest BCUT2D eigenvalue weighted by Gasteiger charge is 2.40. The summed E-state index contributed by atoms with van der Waals surface area (Å²) in [6.07, 6.45) is -9.89. The molecule has 0 saturated carbocycles. The lowest BCUT2D eigenvalue weighted by Gasteiger charge is -2.14. The van der Waals surface area contributed by atoms with Crippen LogP contribution in [0.5, 0.6) is 11.6 Å². The van der Waals surface area contributed by atoms with E-state index in [2.05, 4.69) is 19.8 Å². The topological polar surface area (TPSA) is 49.2 Å². The summed E-state index contributed by atoms with van der Waals surface area (Å²) in [5.41, 5.74) is -1.86. The van der Waals surface area contributed by atoms with Crippen molar-refractivity contribution in [2.75, 3.05) is 7.11 Å². The molecule has 22 heavy (non-hydrogen) atoms. The first-order valence-corrected chi connectivity index (χ1v) is 5.55. The summed E-state index contributed by atoms with van der Waals surface area (Å²) in [6, 6.07) is 4.53. The number of para-hydroxylation sites is 2. The van der Waals surface area contributed by atoms with Crippen LogP contribution in [0.15, 0.2) is 24.3 Å². The Balaban J connectivity index is 2.56. The molecule has 0 N–H and O–H groups in total. The van der Waals surface area contributed by atoms with Crippen molar-refractivity contribution < 1.29 is 35.8 Å². The molecule has 0 fully saturated rings. The lowest BCUT2D eigenvalue weighted by Crippen LogP contribution is -2.18. The van der Waals surface area contributed by atoms with Crippen molar-refractivity contribution in [2.45, 2.75) is 12.5 Å². The van der Waals surface area contributed by atoms with Gasteiger partial charge in [0.15, 0.2) is 5.75 Å². The second kappa shape index (κ2) is 5.39. The highest BCUT2D eigenvalue weighted by atomic mass is 19.4. The zero-order valence-electron chi connectivity index (χ0n) is 10.7. The van der Waals surface area contributed by atoms with E-state index in [1.54, 1.807) is 0 Å². The van der Waals surface area contributed by atoms with E-state index >= 15 is 0 Å². The molecule has 0 saturated heterocycles. The van der Waals surface area contributed by atoms with E-state index in [4.69, 9.17) is 0 Å². The van der Waals surface area contributed by atoms with Gasteiger partial charge in [0.1, 0.15) is 5.69 Å². The molecular formula is C11H7F6N3O2. The maximum absolute atomic E-state index is 12.7. The van der Waals surface area contributed by atoms with Crippen molar-refractivity contribution in [2.24, 2.45) is 0 Å². The third-order valence-corrected chi connectivity index (χ3v) is 2.41. The first-order chi connectivity index (χ1) is 10.1. The summed E-state index contributed by atoms with van der Waals surface area (Å²) in [7, 11) is 0.914. The molecule has 0 aliphatic heterocycles. The predicted molar refractivity (Wildman–Crippen MR) is 59.6 cm³/mol. The van der Waals surface area contributed by atoms with Crippen LogP contribution in [0, 0.1) is 0 Å². The molecule has 2 aromatic rings. The number of nitrogens with zero attached hydrogens (tertiary/aromatic N) is 3. The number of rotatable bonds is 3. The molecule has 0 spiro atoms. The lowest BCUT2D eigenvalue weighted by atomic mass is 10.3. The van der Waals surface area contributed by atoms with E-state index in [-0.39, 0.29) is 0 Å². The number of methoxy groups -OCH3 is 1. The van der Waals surface area contributed by atoms with E-state index in [1.807, 2.05) is 0 Å². The molecule has 120 valence electrons. The normalized spacial score (nSPS) is 12.3. The molecule has 11 heteroatoms. The number of halogens is 6. The largest absolute Gasteiger partial charge is 0.573 e. The molecule has 0 aliphatic carbocycles. The van der Waals surface area contributed by atoms with Crippen LogP contribution < -0.4 is 9.47 Å². The molecule has 2 rings (SSSR count). The summed E-state index contributed by atoms with van der Waals surface area (Å²) >= 11 is 0. The Morgan fingerprint density at radius 1 is 1.05 bits per heavy atom. The van der Waals surface area contributed by atoms with Crippen LogP contribution in [-0.4, -0.2) is 28.5 Å². The molecule has 0 unspecified atom stereocenters. The third kappa shape index (κ3) is 3.23. The van der Waals surface area contributed by atoms with Gasteiger partial charge in [-0.05, 0) is 12.1 Å². The molecular weight excluding hydrogens is 320 g/mol. The molecule has 0 bridgehead atoms. The maximum atomic E-state index is 12.7. The Bertz CT molecular complexity index is 665. The zero-order chi connectivity index (χ0) is 16.5. The van der Waals surface area contributed by atoms with Gasteiger partial charge in [-0.1, -0.05) is 17.3 Å². The van der Waals surface area contributed by atoms with Crippen LogP contribution in [0.2, 0.25) is 0 Å². The Morgan fingerprint density at radius 2 is 1.68 bits per heavy atom. The minimum absolute atomic E-state index is 0.403. The van der Waals surface area contributed by atoms with Crippen LogP contribution in [-0.2, 0) is 6.18 Å². The van der Waals surface area contributed by atoms with Crippen molar-refractivity contribution >= 4 is 0 Å². The second-order valence-electron chi connectivity index (χ2n) is 3.87. The fraction of sp³-hybridized carbons (Fsp3) is 0.273. The highest BCUT2D eigenvalue weighted by Crippen LogP contribution is 2.37. The first kappa shape index (κ1) is 15.9. The van der Waals surface area contributed by atoms with E-state index in [0.717, 1.165) is 19.2 Å². The van der Waals surface area contributed by atoms with Gasteiger partial charge in [0.05, 0.1) is 7.11 Å². The van der Waals surface area contributed by atoms with Gasteiger partial charge < -0.3 is 9.47 Å². The molecule has 1 aromatic carbocycles. The van der Waals surface area contributed by atoms with Crippen molar-refractivity contribution in [3.8, 4) is 17.3 Å². The third-order valence-electron chi connectivity index (χ3n) is 2.41. The standard InChI is InChI=1S/C11H7F6N3O2/c1-21-9-8(10(12,13)14)18-19-20(9)6-4-2-3-5-7(6)22-11(15,16)17/h2-5H,1H3. The predicted octanol–water partition coefficient (Wildman–Crippen LogP) is 3.19. The average Bonchev–Trinajstić information content (AvgIpc) is 2.81. The molecule has 0 aliphatic rings. The Hall–Kier alpha value is -2.46. The minimum Gasteiger partial charge on any atom is -0.479 e. The molecule has 0 amide bonds. The number of benzene rings is 1. The number of hydrogen-bond acceptors (Lipinski definition) is 4. The molecule has 5 nitrogen and oxygen atoms in total. The molecule has 1 aromatic heterocycles. The number of ether oxygens (including phenoxy) is 2. The average molecular weight is 327 g/mol. The highest BCUT2D eigenvalue weighted by molar-refractivity contribution is 5.48. The number of alkyl halides is 6. The van der Waals surface area contributed by atoms with Crippen LogP contribution in [0.4, 0.5) is 26.3 Å². The van der Waals surface area contributed by atoms with E-state index < -0.39 is 35.5 Å². The van der Waals surface area contributed by atoms with Crippen LogP contribution in [0.3, 0.4) is 0 Å². The second-order valence-corrected chi connectivity index (χ2v) is 3.87. The van der Waals surface area contributed by atoms with Gasteiger partial charge in [0.2, 0.25) is 11.6 Å². The van der Waals surface area contributed by atoms with Gasteiger partial charge in [-0.3, -0.25) is 0 Å². The fourth-order valence-electron chi connectivity index (χ4n) is 1.63. The van der Waals surface area contributed by atoms with Crippen molar-refractivity contribution in [1.82, 2.24) is 15.0 Å². The van der Waals surface area contributed by atoms with Gasteiger partial charge in [0.25, 0.3) is 0 Å². The number of aromatic nitrogens is 3. The molecule has 1 heterocycles. The summed E-state index contributed by atoms with van der Waals surface area (Å²) in [5.74, 6) is -1.60. The fourth-order valence-corrected chi connectivity index (χ4v) is 1.63. The summed E-state index contributed by atoms with van der Waals surface area (Å²) < 4.78 is 84.0. The van der Waals surface area contributed by atoms with E-state index in [1.165, 1.54) is 12.1 Å². The first-order valence-electron chi connectivity index (χ1n) is 5.55. The summed E-state index contributed by atoms with van der Waals surface area (Å²) in [5, 5.41) is 6.09. The maximum Gasteiger partial charge on any atom is 0.573 e. The number of hydrogen-bond donors (Lipinski definition) is 0. The van der Waals surface area contributed by atoms with Crippen LogP contribution in [0.1, 0.15) is 5.69 Å². The van der Waals surface area contributed by atoms with Crippen LogP contribution in [0.25, 0.3) is 5.69 Å². The van der Waals surface area contributed by atoms with Gasteiger partial charge in [-0.15, -0.1) is 18.3 Å². The van der Waals surface area contributed by atoms with Crippen LogP contribution >= 0.6 is 0 Å². The van der Waals surface area contributed by atoms with Gasteiger partial charge in [-0.2, -0.15) is 17.9 Å². The van der Waals surface area contributed by atoms with Crippen molar-refractivity contribution in [1.29, 1.82) is 0 Å². The van der Waals surface area contributed by atoms with Gasteiger partial charge >= 0.3 is 12.5 Å². The van der Waals surface area contributed by atoms with Gasteiger partial charge in [-0.25, -0.2) is 0 Å². The Labute approximate surface area is 119 Å².